The van der Waals surface area contributed by atoms with Crippen LogP contribution in [-0.2, 0) is 4.79 Å². The minimum atomic E-state index is -0.169. The third-order valence-electron chi connectivity index (χ3n) is 4.46. The van der Waals surface area contributed by atoms with Crippen LogP contribution in [0.15, 0.2) is 87.5 Å². The summed E-state index contributed by atoms with van der Waals surface area (Å²) in [4.78, 5) is 18.8. The van der Waals surface area contributed by atoms with E-state index in [1.54, 1.807) is 23.5 Å². The first-order chi connectivity index (χ1) is 13.2. The standard InChI is InChI=1S/C22H20N2OS2/c1-2-19(26-16-13-11-15(23)12-14-16)22(25)24-17-7-3-5-9-20(17)27-21-10-6-4-8-18(21)24/h3-14,19H,2,23H2,1H3. The van der Waals surface area contributed by atoms with Crippen LogP contribution in [0.5, 0.6) is 0 Å². The normalized spacial score (nSPS) is 13.6. The molecule has 1 unspecified atom stereocenters. The molecule has 0 aliphatic carbocycles. The number of para-hydroxylation sites is 2. The fourth-order valence-corrected chi connectivity index (χ4v) is 5.16. The number of carbonyl (C=O) groups is 1. The van der Waals surface area contributed by atoms with Crippen molar-refractivity contribution in [2.24, 2.45) is 0 Å². The van der Waals surface area contributed by atoms with Crippen molar-refractivity contribution < 1.29 is 4.79 Å². The van der Waals surface area contributed by atoms with Crippen LogP contribution < -0.4 is 10.6 Å². The summed E-state index contributed by atoms with van der Waals surface area (Å²) >= 11 is 3.31. The molecule has 1 aliphatic rings. The predicted octanol–water partition coefficient (Wildman–Crippen LogP) is 5.97. The topological polar surface area (TPSA) is 46.3 Å². The van der Waals surface area contributed by atoms with E-state index in [0.717, 1.165) is 38.2 Å². The molecule has 3 aromatic rings. The van der Waals surface area contributed by atoms with Crippen LogP contribution in [0.3, 0.4) is 0 Å². The Morgan fingerprint density at radius 1 is 0.963 bits per heavy atom. The number of carbonyl (C=O) groups excluding carboxylic acids is 1. The van der Waals surface area contributed by atoms with Gasteiger partial charge >= 0.3 is 0 Å². The Morgan fingerprint density at radius 2 is 1.52 bits per heavy atom. The molecule has 5 heteroatoms. The van der Waals surface area contributed by atoms with Crippen molar-refractivity contribution in [3.05, 3.63) is 72.8 Å². The molecule has 27 heavy (non-hydrogen) atoms. The maximum absolute atomic E-state index is 13.6. The number of hydrogen-bond acceptors (Lipinski definition) is 4. The Kier molecular flexibility index (Phi) is 5.14. The van der Waals surface area contributed by atoms with E-state index in [9.17, 15) is 4.79 Å². The average molecular weight is 393 g/mol. The molecule has 1 heterocycles. The summed E-state index contributed by atoms with van der Waals surface area (Å²) in [5.74, 6) is 0.111. The number of hydrogen-bond donors (Lipinski definition) is 1. The maximum Gasteiger partial charge on any atom is 0.245 e. The van der Waals surface area contributed by atoms with Crippen molar-refractivity contribution in [2.75, 3.05) is 10.6 Å². The summed E-state index contributed by atoms with van der Waals surface area (Å²) in [6.45, 7) is 2.06. The summed E-state index contributed by atoms with van der Waals surface area (Å²) < 4.78 is 0. The zero-order valence-corrected chi connectivity index (χ0v) is 16.6. The number of amides is 1. The third kappa shape index (κ3) is 3.57. The molecule has 1 atom stereocenters. The molecule has 0 bridgehead atoms. The van der Waals surface area contributed by atoms with Gasteiger partial charge < -0.3 is 5.73 Å². The fraction of sp³-hybridized carbons (Fsp3) is 0.136. The van der Waals surface area contributed by atoms with Crippen LogP contribution in [0.1, 0.15) is 13.3 Å². The molecule has 3 nitrogen and oxygen atoms in total. The van der Waals surface area contributed by atoms with Crippen LogP contribution >= 0.6 is 23.5 Å². The Labute approximate surface area is 168 Å². The summed E-state index contributed by atoms with van der Waals surface area (Å²) in [7, 11) is 0. The van der Waals surface area contributed by atoms with E-state index in [2.05, 4.69) is 19.1 Å². The second kappa shape index (κ2) is 7.71. The van der Waals surface area contributed by atoms with Gasteiger partial charge in [0.1, 0.15) is 0 Å². The smallest absolute Gasteiger partial charge is 0.245 e. The van der Waals surface area contributed by atoms with Gasteiger partial charge in [-0.3, -0.25) is 9.69 Å². The molecular formula is C22H20N2OS2. The lowest BCUT2D eigenvalue weighted by molar-refractivity contribution is -0.117. The molecule has 4 rings (SSSR count). The number of nitrogen functional groups attached to an aromatic ring is 1. The summed E-state index contributed by atoms with van der Waals surface area (Å²) in [5, 5.41) is -0.169. The molecule has 0 saturated heterocycles. The number of anilines is 3. The van der Waals surface area contributed by atoms with Gasteiger partial charge in [-0.15, -0.1) is 11.8 Å². The summed E-state index contributed by atoms with van der Waals surface area (Å²) in [6.07, 6.45) is 0.752. The highest BCUT2D eigenvalue weighted by Gasteiger charge is 2.32. The third-order valence-corrected chi connectivity index (χ3v) is 6.95. The van der Waals surface area contributed by atoms with Crippen LogP contribution in [-0.4, -0.2) is 11.2 Å². The van der Waals surface area contributed by atoms with Crippen molar-refractivity contribution in [1.29, 1.82) is 0 Å². The van der Waals surface area contributed by atoms with Gasteiger partial charge in [-0.05, 0) is 55.0 Å². The molecule has 0 aromatic heterocycles. The van der Waals surface area contributed by atoms with E-state index in [4.69, 9.17) is 5.73 Å². The SMILES string of the molecule is CCC(Sc1ccc(N)cc1)C(=O)N1c2ccccc2Sc2ccccc21. The van der Waals surface area contributed by atoms with Gasteiger partial charge in [0.2, 0.25) is 5.91 Å². The number of rotatable bonds is 4. The Hall–Kier alpha value is -2.37. The number of thioether (sulfide) groups is 1. The number of nitrogens with two attached hydrogens (primary N) is 1. The van der Waals surface area contributed by atoms with Gasteiger partial charge in [-0.25, -0.2) is 0 Å². The van der Waals surface area contributed by atoms with Crippen molar-refractivity contribution in [3.63, 3.8) is 0 Å². The summed E-state index contributed by atoms with van der Waals surface area (Å²) in [6, 6.07) is 23.9. The predicted molar refractivity (Wildman–Crippen MR) is 115 cm³/mol. The van der Waals surface area contributed by atoms with E-state index in [1.165, 1.54) is 0 Å². The van der Waals surface area contributed by atoms with E-state index >= 15 is 0 Å². The van der Waals surface area contributed by atoms with Crippen LogP contribution in [0, 0.1) is 0 Å². The van der Waals surface area contributed by atoms with E-state index in [1.807, 2.05) is 65.6 Å². The van der Waals surface area contributed by atoms with Gasteiger partial charge in [-0.1, -0.05) is 43.0 Å². The van der Waals surface area contributed by atoms with E-state index in [0.29, 0.717) is 0 Å². The first kappa shape index (κ1) is 18.0. The lowest BCUT2D eigenvalue weighted by Crippen LogP contribution is -2.35. The molecule has 0 fully saturated rings. The van der Waals surface area contributed by atoms with E-state index < -0.39 is 0 Å². The molecule has 1 aliphatic heterocycles. The highest BCUT2D eigenvalue weighted by atomic mass is 32.2. The summed E-state index contributed by atoms with van der Waals surface area (Å²) in [5.41, 5.74) is 8.44. The second-order valence-corrected chi connectivity index (χ2v) is 8.65. The molecule has 0 spiro atoms. The van der Waals surface area contributed by atoms with Crippen LogP contribution in [0.25, 0.3) is 0 Å². The van der Waals surface area contributed by atoms with Gasteiger partial charge in [0, 0.05) is 20.4 Å². The Morgan fingerprint density at radius 3 is 2.07 bits per heavy atom. The molecule has 3 aromatic carbocycles. The minimum absolute atomic E-state index is 0.111. The molecule has 0 radical (unpaired) electrons. The van der Waals surface area contributed by atoms with Gasteiger partial charge in [0.05, 0.1) is 16.6 Å². The molecule has 1 amide bonds. The Balaban J connectivity index is 1.70. The van der Waals surface area contributed by atoms with Crippen molar-refractivity contribution in [1.82, 2.24) is 0 Å². The highest BCUT2D eigenvalue weighted by Crippen LogP contribution is 2.48. The lowest BCUT2D eigenvalue weighted by Gasteiger charge is -2.33. The first-order valence-corrected chi connectivity index (χ1v) is 10.6. The van der Waals surface area contributed by atoms with Crippen LogP contribution in [0.4, 0.5) is 17.1 Å². The molecular weight excluding hydrogens is 372 g/mol. The van der Waals surface area contributed by atoms with Crippen molar-refractivity contribution in [2.45, 2.75) is 33.3 Å². The molecule has 136 valence electrons. The quantitative estimate of drug-likeness (QED) is 0.439. The maximum atomic E-state index is 13.6. The van der Waals surface area contributed by atoms with E-state index in [-0.39, 0.29) is 11.2 Å². The first-order valence-electron chi connectivity index (χ1n) is 8.89. The van der Waals surface area contributed by atoms with Gasteiger partial charge in [0.25, 0.3) is 0 Å². The number of fused-ring (bicyclic) bond motifs is 2. The van der Waals surface area contributed by atoms with Crippen molar-refractivity contribution >= 4 is 46.5 Å². The number of benzene rings is 3. The fourth-order valence-electron chi connectivity index (χ4n) is 3.11. The van der Waals surface area contributed by atoms with Gasteiger partial charge in [-0.2, -0.15) is 0 Å². The molecule has 2 N–H and O–H groups in total. The highest BCUT2D eigenvalue weighted by molar-refractivity contribution is 8.00. The zero-order valence-electron chi connectivity index (χ0n) is 15.0. The largest absolute Gasteiger partial charge is 0.399 e. The van der Waals surface area contributed by atoms with Crippen molar-refractivity contribution in [3.8, 4) is 0 Å². The Bertz CT molecular complexity index is 927. The average Bonchev–Trinajstić information content (AvgIpc) is 2.71. The molecule has 0 saturated carbocycles. The van der Waals surface area contributed by atoms with Gasteiger partial charge in [0.15, 0.2) is 0 Å². The lowest BCUT2D eigenvalue weighted by atomic mass is 10.2. The van der Waals surface area contributed by atoms with Crippen LogP contribution in [0.2, 0.25) is 0 Å². The monoisotopic (exact) mass is 392 g/mol. The number of nitrogens with zero attached hydrogens (tertiary/aromatic N) is 1. The minimum Gasteiger partial charge on any atom is -0.399 e. The zero-order chi connectivity index (χ0) is 18.8. The second-order valence-electron chi connectivity index (χ2n) is 6.29.